The molecule has 0 radical (unpaired) electrons. The lowest BCUT2D eigenvalue weighted by Crippen LogP contribution is -2.55. The minimum Gasteiger partial charge on any atom is -0.480 e. The van der Waals surface area contributed by atoms with Crippen LogP contribution in [0.25, 0.3) is 0 Å². The Hall–Kier alpha value is -2.38. The number of rotatable bonds is 13. The molecule has 0 aliphatic carbocycles. The van der Waals surface area contributed by atoms with Crippen molar-refractivity contribution in [2.75, 3.05) is 31.9 Å². The SMILES string of the molecule is NCCCC[C@H](NC(=O)[C@@H]1CCCN1C(=O)CN)C(=O)NCC(=O)N[C@@H](CS)C(=O)O. The zero-order valence-electron chi connectivity index (χ0n) is 17.3. The fraction of sp³-hybridized carbons (Fsp3) is 0.722. The summed E-state index contributed by atoms with van der Waals surface area (Å²) < 4.78 is 0. The molecule has 1 saturated heterocycles. The van der Waals surface area contributed by atoms with Gasteiger partial charge in [-0.1, -0.05) is 0 Å². The summed E-state index contributed by atoms with van der Waals surface area (Å²) in [4.78, 5) is 61.5. The van der Waals surface area contributed by atoms with Crippen LogP contribution in [0, 0.1) is 0 Å². The van der Waals surface area contributed by atoms with E-state index in [2.05, 4.69) is 28.6 Å². The van der Waals surface area contributed by atoms with Crippen molar-refractivity contribution < 1.29 is 29.1 Å². The van der Waals surface area contributed by atoms with Gasteiger partial charge in [0.25, 0.3) is 0 Å². The Morgan fingerprint density at radius 1 is 1.10 bits per heavy atom. The third kappa shape index (κ3) is 8.71. The van der Waals surface area contributed by atoms with Crippen molar-refractivity contribution >= 4 is 42.2 Å². The van der Waals surface area contributed by atoms with Crippen LogP contribution >= 0.6 is 12.6 Å². The first-order valence-corrected chi connectivity index (χ1v) is 10.8. The molecule has 1 rings (SSSR count). The molecule has 1 aliphatic heterocycles. The normalized spacial score (nSPS) is 17.5. The van der Waals surface area contributed by atoms with Gasteiger partial charge in [-0.3, -0.25) is 19.2 Å². The number of carboxylic acids is 1. The third-order valence-corrected chi connectivity index (χ3v) is 5.23. The van der Waals surface area contributed by atoms with Gasteiger partial charge in [0.2, 0.25) is 23.6 Å². The smallest absolute Gasteiger partial charge is 0.327 e. The average molecular weight is 461 g/mol. The summed E-state index contributed by atoms with van der Waals surface area (Å²) in [5.41, 5.74) is 10.9. The molecule has 0 unspecified atom stereocenters. The molecule has 0 aromatic heterocycles. The molecule has 12 nitrogen and oxygen atoms in total. The number of carbonyl (C=O) groups is 5. The van der Waals surface area contributed by atoms with Gasteiger partial charge in [0.1, 0.15) is 18.1 Å². The van der Waals surface area contributed by atoms with Gasteiger partial charge in [0, 0.05) is 12.3 Å². The second-order valence-electron chi connectivity index (χ2n) is 7.15. The zero-order chi connectivity index (χ0) is 23.4. The van der Waals surface area contributed by atoms with E-state index < -0.39 is 48.4 Å². The van der Waals surface area contributed by atoms with E-state index in [-0.39, 0.29) is 18.2 Å². The van der Waals surface area contributed by atoms with Crippen LogP contribution in [0.5, 0.6) is 0 Å². The van der Waals surface area contributed by atoms with E-state index in [0.717, 1.165) is 0 Å². The van der Waals surface area contributed by atoms with Gasteiger partial charge in [-0.05, 0) is 38.6 Å². The van der Waals surface area contributed by atoms with E-state index >= 15 is 0 Å². The number of aliphatic carboxylic acids is 1. The van der Waals surface area contributed by atoms with Gasteiger partial charge in [-0.2, -0.15) is 12.6 Å². The number of carboxylic acid groups (broad SMARTS) is 1. The van der Waals surface area contributed by atoms with Crippen LogP contribution in [0.15, 0.2) is 0 Å². The summed E-state index contributed by atoms with van der Waals surface area (Å²) >= 11 is 3.85. The molecular weight excluding hydrogens is 428 g/mol. The van der Waals surface area contributed by atoms with Crippen molar-refractivity contribution in [3.8, 4) is 0 Å². The van der Waals surface area contributed by atoms with E-state index in [4.69, 9.17) is 16.6 Å². The molecule has 1 heterocycles. The molecule has 13 heteroatoms. The number of amides is 4. The Morgan fingerprint density at radius 2 is 1.81 bits per heavy atom. The molecule has 176 valence electrons. The summed E-state index contributed by atoms with van der Waals surface area (Å²) in [6.45, 7) is 0.185. The number of nitrogens with two attached hydrogens (primary N) is 2. The lowest BCUT2D eigenvalue weighted by molar-refractivity contribution is -0.141. The highest BCUT2D eigenvalue weighted by Gasteiger charge is 2.35. The number of thiol groups is 1. The molecule has 0 bridgehead atoms. The van der Waals surface area contributed by atoms with Crippen LogP contribution in [0.4, 0.5) is 0 Å². The summed E-state index contributed by atoms with van der Waals surface area (Å²) in [5.74, 6) is -3.43. The first-order chi connectivity index (χ1) is 14.7. The maximum atomic E-state index is 12.7. The quantitative estimate of drug-likeness (QED) is 0.113. The van der Waals surface area contributed by atoms with Crippen LogP contribution in [0.2, 0.25) is 0 Å². The molecule has 3 atom stereocenters. The highest BCUT2D eigenvalue weighted by Crippen LogP contribution is 2.17. The fourth-order valence-corrected chi connectivity index (χ4v) is 3.45. The Labute approximate surface area is 186 Å². The van der Waals surface area contributed by atoms with Crippen molar-refractivity contribution in [2.24, 2.45) is 11.5 Å². The molecule has 1 fully saturated rings. The average Bonchev–Trinajstić information content (AvgIpc) is 3.24. The van der Waals surface area contributed by atoms with Crippen molar-refractivity contribution in [1.29, 1.82) is 0 Å². The van der Waals surface area contributed by atoms with Crippen molar-refractivity contribution in [3.63, 3.8) is 0 Å². The van der Waals surface area contributed by atoms with Gasteiger partial charge >= 0.3 is 5.97 Å². The highest BCUT2D eigenvalue weighted by molar-refractivity contribution is 7.80. The second-order valence-corrected chi connectivity index (χ2v) is 7.52. The number of unbranched alkanes of at least 4 members (excludes halogenated alkanes) is 1. The predicted octanol–water partition coefficient (Wildman–Crippen LogP) is -2.83. The summed E-state index contributed by atoms with van der Waals surface area (Å²) in [5, 5.41) is 16.2. The molecule has 0 aromatic carbocycles. The minimum absolute atomic E-state index is 0.105. The van der Waals surface area contributed by atoms with Crippen LogP contribution in [0.1, 0.15) is 32.1 Å². The van der Waals surface area contributed by atoms with E-state index in [9.17, 15) is 24.0 Å². The van der Waals surface area contributed by atoms with Crippen LogP contribution in [0.3, 0.4) is 0 Å². The first-order valence-electron chi connectivity index (χ1n) is 10.2. The molecular formula is C18H32N6O6S. The van der Waals surface area contributed by atoms with E-state index in [1.54, 1.807) is 0 Å². The van der Waals surface area contributed by atoms with Crippen molar-refractivity contribution in [3.05, 3.63) is 0 Å². The predicted molar refractivity (Wildman–Crippen MR) is 115 cm³/mol. The van der Waals surface area contributed by atoms with Gasteiger partial charge < -0.3 is 37.4 Å². The van der Waals surface area contributed by atoms with Crippen LogP contribution in [-0.4, -0.2) is 89.7 Å². The minimum atomic E-state index is -1.24. The van der Waals surface area contributed by atoms with Gasteiger partial charge in [0.15, 0.2) is 0 Å². The maximum absolute atomic E-state index is 12.7. The first kappa shape index (κ1) is 26.7. The molecule has 0 aromatic rings. The topological polar surface area (TPSA) is 197 Å². The molecule has 0 saturated carbocycles. The van der Waals surface area contributed by atoms with Gasteiger partial charge in [-0.25, -0.2) is 4.79 Å². The van der Waals surface area contributed by atoms with Crippen LogP contribution in [-0.2, 0) is 24.0 Å². The third-order valence-electron chi connectivity index (χ3n) is 4.87. The summed E-state index contributed by atoms with van der Waals surface area (Å²) in [6.07, 6.45) is 2.63. The highest BCUT2D eigenvalue weighted by atomic mass is 32.1. The number of nitrogens with one attached hydrogen (secondary N) is 3. The Bertz CT molecular complexity index is 663. The number of hydrogen-bond donors (Lipinski definition) is 7. The molecule has 8 N–H and O–H groups in total. The number of carbonyl (C=O) groups excluding carboxylic acids is 4. The lowest BCUT2D eigenvalue weighted by atomic mass is 10.1. The Balaban J connectivity index is 2.71. The number of likely N-dealkylation sites (tertiary alicyclic amines) is 1. The number of nitrogens with zero attached hydrogens (tertiary/aromatic N) is 1. The fourth-order valence-electron chi connectivity index (χ4n) is 3.21. The zero-order valence-corrected chi connectivity index (χ0v) is 18.2. The molecule has 1 aliphatic rings. The molecule has 4 amide bonds. The van der Waals surface area contributed by atoms with Gasteiger partial charge in [0.05, 0.1) is 13.1 Å². The molecule has 0 spiro atoms. The maximum Gasteiger partial charge on any atom is 0.327 e. The van der Waals surface area contributed by atoms with Crippen LogP contribution < -0.4 is 27.4 Å². The molecule has 31 heavy (non-hydrogen) atoms. The van der Waals surface area contributed by atoms with E-state index in [1.165, 1.54) is 4.90 Å². The van der Waals surface area contributed by atoms with Crippen molar-refractivity contribution in [2.45, 2.75) is 50.2 Å². The van der Waals surface area contributed by atoms with Gasteiger partial charge in [-0.15, -0.1) is 0 Å². The second kappa shape index (κ2) is 13.8. The largest absolute Gasteiger partial charge is 0.480 e. The monoisotopic (exact) mass is 460 g/mol. The van der Waals surface area contributed by atoms with E-state index in [1.807, 2.05) is 0 Å². The van der Waals surface area contributed by atoms with E-state index in [0.29, 0.717) is 45.2 Å². The summed E-state index contributed by atoms with van der Waals surface area (Å²) in [6, 6.07) is -2.81. The number of hydrogen-bond acceptors (Lipinski definition) is 8. The Morgan fingerprint density at radius 3 is 2.39 bits per heavy atom. The Kier molecular flexibility index (Phi) is 11.9. The van der Waals surface area contributed by atoms with Crippen molar-refractivity contribution in [1.82, 2.24) is 20.9 Å². The lowest BCUT2D eigenvalue weighted by Gasteiger charge is -2.26. The standard InChI is InChI=1S/C18H32N6O6S/c19-6-2-1-4-11(16(27)21-9-14(25)22-12(10-31)18(29)30)23-17(28)13-5-3-7-24(13)15(26)8-20/h11-13,31H,1-10,19-20H2,(H,21,27)(H,22,25)(H,23,28)(H,29,30)/t11-,12-,13-/m0/s1. The summed E-state index contributed by atoms with van der Waals surface area (Å²) in [7, 11) is 0.